The molecule has 1 atom stereocenters. The zero-order valence-corrected chi connectivity index (χ0v) is 23.4. The number of Topliss-reactive ketones (excluding diaryl/α,β-unsaturated/α-hetero) is 1. The number of halogens is 1. The van der Waals surface area contributed by atoms with Gasteiger partial charge in [0.25, 0.3) is 0 Å². The van der Waals surface area contributed by atoms with E-state index in [1.165, 1.54) is 11.0 Å². The van der Waals surface area contributed by atoms with E-state index >= 15 is 0 Å². The number of nitrogens with one attached hydrogen (secondary N) is 2. The van der Waals surface area contributed by atoms with Crippen molar-refractivity contribution < 1.29 is 29.3 Å². The first kappa shape index (κ1) is 28.0. The van der Waals surface area contributed by atoms with Crippen LogP contribution in [0.4, 0.5) is 16.2 Å². The molecule has 1 heterocycles. The Balaban J connectivity index is 1.65. The lowest BCUT2D eigenvalue weighted by Crippen LogP contribution is -2.46. The summed E-state index contributed by atoms with van der Waals surface area (Å²) in [6.07, 6.45) is 0.700. The summed E-state index contributed by atoms with van der Waals surface area (Å²) < 4.78 is 5.94. The number of phenols is 1. The van der Waals surface area contributed by atoms with Gasteiger partial charge in [-0.1, -0.05) is 67.9 Å². The molecule has 3 aromatic carbocycles. The van der Waals surface area contributed by atoms with E-state index in [0.29, 0.717) is 35.6 Å². The van der Waals surface area contributed by atoms with Gasteiger partial charge in [-0.05, 0) is 47.2 Å². The van der Waals surface area contributed by atoms with Crippen molar-refractivity contribution in [2.45, 2.75) is 39.3 Å². The molecule has 0 radical (unpaired) electrons. The molecule has 2 aliphatic rings. The highest BCUT2D eigenvalue weighted by atomic mass is 35.5. The normalized spacial score (nSPS) is 17.6. The van der Waals surface area contributed by atoms with Crippen molar-refractivity contribution in [3.05, 3.63) is 94.1 Å². The molecule has 212 valence electrons. The lowest BCUT2D eigenvalue weighted by Gasteiger charge is -2.37. The summed E-state index contributed by atoms with van der Waals surface area (Å²) in [7, 11) is 0. The molecule has 5 rings (SSSR count). The van der Waals surface area contributed by atoms with E-state index in [9.17, 15) is 24.6 Å². The third-order valence-corrected chi connectivity index (χ3v) is 7.46. The van der Waals surface area contributed by atoms with E-state index in [1.54, 1.807) is 30.3 Å². The van der Waals surface area contributed by atoms with Gasteiger partial charge in [0.2, 0.25) is 0 Å². The van der Waals surface area contributed by atoms with Gasteiger partial charge < -0.3 is 25.6 Å². The van der Waals surface area contributed by atoms with Crippen LogP contribution in [0.1, 0.15) is 43.9 Å². The van der Waals surface area contributed by atoms with Crippen LogP contribution in [-0.4, -0.2) is 34.5 Å². The van der Waals surface area contributed by atoms with Gasteiger partial charge >= 0.3 is 12.0 Å². The number of carbonyl (C=O) groups is 3. The summed E-state index contributed by atoms with van der Waals surface area (Å²) in [6.45, 7) is 3.63. The quantitative estimate of drug-likeness (QED) is 0.264. The van der Waals surface area contributed by atoms with E-state index in [0.717, 1.165) is 5.56 Å². The van der Waals surface area contributed by atoms with Gasteiger partial charge in [0, 0.05) is 22.7 Å². The molecule has 0 saturated carbocycles. The summed E-state index contributed by atoms with van der Waals surface area (Å²) in [5.41, 5.74) is 2.43. The molecule has 9 nitrogen and oxygen atoms in total. The molecule has 4 N–H and O–H groups in total. The number of urea groups is 1. The van der Waals surface area contributed by atoms with Gasteiger partial charge in [0.1, 0.15) is 30.3 Å². The number of aliphatic carboxylic acids is 1. The van der Waals surface area contributed by atoms with Crippen LogP contribution in [0.5, 0.6) is 11.5 Å². The molecular formula is C31H30ClN3O6. The third kappa shape index (κ3) is 5.85. The second kappa shape index (κ2) is 11.2. The monoisotopic (exact) mass is 575 g/mol. The smallest absolute Gasteiger partial charge is 0.323 e. The molecule has 0 aromatic heterocycles. The first-order valence-corrected chi connectivity index (χ1v) is 13.5. The zero-order valence-electron chi connectivity index (χ0n) is 22.6. The standard InChI is InChI=1S/C31H30ClN3O6/c1-31(2)14-22-27(25(37)15-31)29(20-12-11-19(13-21(20)32)41-17-18-7-4-3-5-8-18)35(30(40)33-16-26(38)39)23-9-6-10-24(36)28(23)34-22/h3-13,29,34,36H,14-17H2,1-2H3,(H,33,40)(H,38,39). The number of anilines is 2. The van der Waals surface area contributed by atoms with Crippen LogP contribution < -0.4 is 20.3 Å². The minimum atomic E-state index is -1.23. The Labute approximate surface area is 242 Å². The molecule has 10 heteroatoms. The summed E-state index contributed by atoms with van der Waals surface area (Å²) in [5, 5.41) is 26.0. The number of hydrogen-bond acceptors (Lipinski definition) is 6. The van der Waals surface area contributed by atoms with Crippen LogP contribution in [0.15, 0.2) is 78.0 Å². The predicted molar refractivity (Wildman–Crippen MR) is 155 cm³/mol. The van der Waals surface area contributed by atoms with Gasteiger partial charge in [-0.3, -0.25) is 14.5 Å². The van der Waals surface area contributed by atoms with E-state index in [4.69, 9.17) is 16.3 Å². The summed E-state index contributed by atoms with van der Waals surface area (Å²) in [6, 6.07) is 17.6. The van der Waals surface area contributed by atoms with Crippen LogP contribution in [0.25, 0.3) is 0 Å². The fourth-order valence-corrected chi connectivity index (χ4v) is 5.63. The summed E-state index contributed by atoms with van der Waals surface area (Å²) in [5.74, 6) is -1.04. The molecule has 0 spiro atoms. The molecule has 1 unspecified atom stereocenters. The van der Waals surface area contributed by atoms with Gasteiger partial charge in [-0.2, -0.15) is 0 Å². The number of allylic oxidation sites excluding steroid dienone is 1. The topological polar surface area (TPSA) is 128 Å². The fourth-order valence-electron chi connectivity index (χ4n) is 5.36. The Bertz CT molecular complexity index is 1550. The molecule has 0 fully saturated rings. The van der Waals surface area contributed by atoms with E-state index in [-0.39, 0.29) is 39.8 Å². The number of nitrogens with zero attached hydrogens (tertiary/aromatic N) is 1. The number of para-hydroxylation sites is 1. The number of carbonyl (C=O) groups excluding carboxylic acids is 2. The van der Waals surface area contributed by atoms with E-state index in [2.05, 4.69) is 10.6 Å². The Morgan fingerprint density at radius 3 is 2.56 bits per heavy atom. The predicted octanol–water partition coefficient (Wildman–Crippen LogP) is 6.04. The van der Waals surface area contributed by atoms with Gasteiger partial charge in [0.05, 0.1) is 11.7 Å². The number of fused-ring (bicyclic) bond motifs is 1. The Hall–Kier alpha value is -4.50. The molecule has 0 bridgehead atoms. The Morgan fingerprint density at radius 1 is 1.10 bits per heavy atom. The number of amides is 2. The lowest BCUT2D eigenvalue weighted by atomic mass is 9.73. The van der Waals surface area contributed by atoms with Gasteiger partial charge in [-0.25, -0.2) is 4.79 Å². The summed E-state index contributed by atoms with van der Waals surface area (Å²) >= 11 is 6.85. The molecule has 1 aliphatic heterocycles. The SMILES string of the molecule is CC1(C)CC(=O)C2=C(C1)Nc1c(O)cccc1N(C(=O)NCC(=O)O)C2c1ccc(OCc2ccccc2)cc1Cl. The second-order valence-electron chi connectivity index (χ2n) is 10.9. The zero-order chi connectivity index (χ0) is 29.3. The van der Waals surface area contributed by atoms with Crippen molar-refractivity contribution in [1.29, 1.82) is 0 Å². The number of carboxylic acids is 1. The molecule has 1 aliphatic carbocycles. The molecule has 41 heavy (non-hydrogen) atoms. The maximum Gasteiger partial charge on any atom is 0.323 e. The van der Waals surface area contributed by atoms with E-state index in [1.807, 2.05) is 44.2 Å². The highest BCUT2D eigenvalue weighted by molar-refractivity contribution is 6.31. The molecular weight excluding hydrogens is 546 g/mol. The number of benzene rings is 3. The average Bonchev–Trinajstić information content (AvgIpc) is 3.06. The van der Waals surface area contributed by atoms with Gasteiger partial charge in [-0.15, -0.1) is 0 Å². The van der Waals surface area contributed by atoms with Crippen LogP contribution in [0, 0.1) is 5.41 Å². The van der Waals surface area contributed by atoms with Gasteiger partial charge in [0.15, 0.2) is 5.78 Å². The largest absolute Gasteiger partial charge is 0.506 e. The third-order valence-electron chi connectivity index (χ3n) is 7.13. The van der Waals surface area contributed by atoms with Crippen LogP contribution >= 0.6 is 11.6 Å². The minimum Gasteiger partial charge on any atom is -0.506 e. The first-order chi connectivity index (χ1) is 19.5. The number of aromatic hydroxyl groups is 1. The maximum atomic E-state index is 13.8. The number of rotatable bonds is 6. The van der Waals surface area contributed by atoms with Crippen LogP contribution in [-0.2, 0) is 16.2 Å². The highest BCUT2D eigenvalue weighted by Crippen LogP contribution is 2.51. The number of carboxylic acid groups (broad SMARTS) is 1. The van der Waals surface area contributed by atoms with E-state index < -0.39 is 24.6 Å². The van der Waals surface area contributed by atoms with Crippen molar-refractivity contribution in [3.8, 4) is 11.5 Å². The first-order valence-electron chi connectivity index (χ1n) is 13.1. The van der Waals surface area contributed by atoms with Crippen LogP contribution in [0.2, 0.25) is 5.02 Å². The fraction of sp³-hybridized carbons (Fsp3) is 0.258. The maximum absolute atomic E-state index is 13.8. The Morgan fingerprint density at radius 2 is 1.85 bits per heavy atom. The summed E-state index contributed by atoms with van der Waals surface area (Å²) in [4.78, 5) is 40.1. The second-order valence-corrected chi connectivity index (χ2v) is 11.3. The molecule has 0 saturated heterocycles. The molecule has 3 aromatic rings. The number of phenolic OH excluding ortho intramolecular Hbond substituents is 1. The average molecular weight is 576 g/mol. The van der Waals surface area contributed by atoms with Crippen molar-refractivity contribution in [3.63, 3.8) is 0 Å². The van der Waals surface area contributed by atoms with Crippen LogP contribution in [0.3, 0.4) is 0 Å². The Kier molecular flexibility index (Phi) is 7.64. The minimum absolute atomic E-state index is 0.127. The van der Waals surface area contributed by atoms with Crippen molar-refractivity contribution in [2.75, 3.05) is 16.8 Å². The van der Waals surface area contributed by atoms with Crippen molar-refractivity contribution >= 4 is 40.8 Å². The van der Waals surface area contributed by atoms with Crippen molar-refractivity contribution in [2.24, 2.45) is 5.41 Å². The number of hydrogen-bond donors (Lipinski definition) is 4. The van der Waals surface area contributed by atoms with Crippen molar-refractivity contribution in [1.82, 2.24) is 5.32 Å². The lowest BCUT2D eigenvalue weighted by molar-refractivity contribution is -0.135. The highest BCUT2D eigenvalue weighted by Gasteiger charge is 2.44. The number of ketones is 1. The number of ether oxygens (including phenoxy) is 1. The molecule has 2 amide bonds.